The number of benzene rings is 1. The second-order valence-electron chi connectivity index (χ2n) is 5.61. The van der Waals surface area contributed by atoms with E-state index >= 15 is 0 Å². The number of rotatable bonds is 7. The minimum absolute atomic E-state index is 0.219. The number of alkyl halides is 3. The number of aliphatic hydroxyl groups excluding tert-OH is 1. The van der Waals surface area contributed by atoms with Crippen molar-refractivity contribution in [2.45, 2.75) is 29.5 Å². The molecule has 0 bridgehead atoms. The molecule has 4 nitrogen and oxygen atoms in total. The van der Waals surface area contributed by atoms with Crippen molar-refractivity contribution in [3.63, 3.8) is 0 Å². The molecule has 0 aliphatic heterocycles. The van der Waals surface area contributed by atoms with Gasteiger partial charge in [-0.1, -0.05) is 11.4 Å². The van der Waals surface area contributed by atoms with Crippen molar-refractivity contribution in [3.05, 3.63) is 29.3 Å². The molecule has 1 aromatic rings. The maximum absolute atomic E-state index is 13.3. The second kappa shape index (κ2) is 7.72. The maximum Gasteiger partial charge on any atom is 0.416 e. The largest absolute Gasteiger partial charge is 0.416 e. The summed E-state index contributed by atoms with van der Waals surface area (Å²) in [6.45, 7) is -0.554. The molecule has 12 heteroatoms. The molecular weight excluding hydrogens is 325 g/mol. The number of anilines is 1. The quantitative estimate of drug-likeness (QED) is 0.449. The van der Waals surface area contributed by atoms with Crippen molar-refractivity contribution >= 4 is 44.9 Å². The van der Waals surface area contributed by atoms with Crippen LogP contribution in [0.1, 0.15) is 11.1 Å². The van der Waals surface area contributed by atoms with Gasteiger partial charge in [-0.3, -0.25) is 4.90 Å². The fourth-order valence-corrected chi connectivity index (χ4v) is 2.20. The monoisotopic (exact) mass is 341 g/mol. The average molecular weight is 340 g/mol. The van der Waals surface area contributed by atoms with E-state index in [0.29, 0.717) is 0 Å². The highest BCUT2D eigenvalue weighted by Crippen LogP contribution is 2.35. The minimum Gasteiger partial charge on any atom is -0.388 e. The van der Waals surface area contributed by atoms with Crippen molar-refractivity contribution < 1.29 is 18.3 Å². The molecule has 124 valence electrons. The number of nitrogens with zero attached hydrogens (tertiary/aromatic N) is 1. The molecule has 0 amide bonds. The first-order valence-electron chi connectivity index (χ1n) is 7.20. The van der Waals surface area contributed by atoms with E-state index in [0.717, 1.165) is 11.0 Å². The zero-order chi connectivity index (χ0) is 19.6. The molecule has 1 aromatic carbocycles. The second-order valence-corrected chi connectivity index (χ2v) is 5.61. The number of nitrogens with one attached hydrogen (secondary N) is 2. The molecular formula is C13H15B5F3N3O. The van der Waals surface area contributed by atoms with Crippen LogP contribution in [0.4, 0.5) is 18.9 Å². The first-order valence-corrected chi connectivity index (χ1v) is 7.20. The van der Waals surface area contributed by atoms with E-state index in [1.165, 1.54) is 26.2 Å². The van der Waals surface area contributed by atoms with Gasteiger partial charge in [-0.15, -0.1) is 0 Å². The van der Waals surface area contributed by atoms with E-state index < -0.39 is 35.1 Å². The van der Waals surface area contributed by atoms with Gasteiger partial charge >= 0.3 is 6.18 Å². The van der Waals surface area contributed by atoms with Crippen LogP contribution < -0.4 is 10.6 Å². The lowest BCUT2D eigenvalue weighted by Crippen LogP contribution is -2.73. The Morgan fingerprint density at radius 3 is 2.12 bits per heavy atom. The highest BCUT2D eigenvalue weighted by atomic mass is 19.4. The van der Waals surface area contributed by atoms with Crippen LogP contribution in [0.25, 0.3) is 0 Å². The summed E-state index contributed by atoms with van der Waals surface area (Å²) < 4.78 is 40.0. The molecule has 3 N–H and O–H groups in total. The Hall–Kier alpha value is -0.985. The highest BCUT2D eigenvalue weighted by Gasteiger charge is 2.41. The fraction of sp³-hybridized carbons (Fsp3) is 0.538. The summed E-state index contributed by atoms with van der Waals surface area (Å²) in [6.07, 6.45) is -6.47. The molecule has 0 heterocycles. The summed E-state index contributed by atoms with van der Waals surface area (Å²) in [7, 11) is 31.5. The molecule has 1 atom stereocenters. The molecule has 0 spiro atoms. The van der Waals surface area contributed by atoms with Gasteiger partial charge in [-0.05, 0) is 30.1 Å². The van der Waals surface area contributed by atoms with E-state index in [4.69, 9.17) is 39.2 Å². The van der Waals surface area contributed by atoms with Crippen LogP contribution in [0.5, 0.6) is 0 Å². The molecule has 10 radical (unpaired) electrons. The molecule has 1 rings (SSSR count). The van der Waals surface area contributed by atoms with Crippen molar-refractivity contribution in [2.75, 3.05) is 19.4 Å². The van der Waals surface area contributed by atoms with Gasteiger partial charge in [0.25, 0.3) is 0 Å². The van der Waals surface area contributed by atoms with E-state index in [1.54, 1.807) is 0 Å². The van der Waals surface area contributed by atoms with Crippen molar-refractivity contribution in [1.82, 2.24) is 10.2 Å². The van der Waals surface area contributed by atoms with E-state index in [-0.39, 0.29) is 11.3 Å². The van der Waals surface area contributed by atoms with Crippen LogP contribution in [0.3, 0.4) is 0 Å². The topological polar surface area (TPSA) is 47.5 Å². The Morgan fingerprint density at radius 1 is 1.16 bits per heavy atom. The summed E-state index contributed by atoms with van der Waals surface area (Å²) in [6, 6.07) is 3.56. The summed E-state index contributed by atoms with van der Waals surface area (Å²) in [5.41, 5.74) is -0.905. The zero-order valence-electron chi connectivity index (χ0n) is 13.9. The van der Waals surface area contributed by atoms with E-state index in [1.807, 2.05) is 0 Å². The summed E-state index contributed by atoms with van der Waals surface area (Å²) in [5, 5.41) is 10.7. The summed E-state index contributed by atoms with van der Waals surface area (Å²) >= 11 is 0. The molecule has 25 heavy (non-hydrogen) atoms. The van der Waals surface area contributed by atoms with Gasteiger partial charge in [0, 0.05) is 19.3 Å². The fourth-order valence-electron chi connectivity index (χ4n) is 2.20. The van der Waals surface area contributed by atoms with E-state index in [9.17, 15) is 18.3 Å². The van der Waals surface area contributed by atoms with Crippen LogP contribution in [0.15, 0.2) is 18.2 Å². The molecule has 0 aromatic heterocycles. The highest BCUT2D eigenvalue weighted by molar-refractivity contribution is 6.54. The normalized spacial score (nSPS) is 14.5. The first kappa shape index (κ1) is 22.1. The first-order chi connectivity index (χ1) is 11.3. The van der Waals surface area contributed by atoms with Crippen molar-refractivity contribution in [1.29, 1.82) is 0 Å². The van der Waals surface area contributed by atoms with Crippen LogP contribution in [-0.4, -0.2) is 80.1 Å². The number of hydrogen-bond acceptors (Lipinski definition) is 4. The predicted molar refractivity (Wildman–Crippen MR) is 95.8 cm³/mol. The lowest BCUT2D eigenvalue weighted by atomic mass is 9.37. The maximum atomic E-state index is 13.3. The lowest BCUT2D eigenvalue weighted by Gasteiger charge is -2.53. The molecule has 0 aliphatic rings. The van der Waals surface area contributed by atoms with Gasteiger partial charge in [0.15, 0.2) is 0 Å². The Bertz CT molecular complexity index is 599. The molecule has 0 saturated carbocycles. The van der Waals surface area contributed by atoms with Crippen molar-refractivity contribution in [3.8, 4) is 0 Å². The van der Waals surface area contributed by atoms with Gasteiger partial charge in [0.1, 0.15) is 7.85 Å². The lowest BCUT2D eigenvalue weighted by molar-refractivity contribution is -0.138. The minimum atomic E-state index is -4.65. The van der Waals surface area contributed by atoms with Gasteiger partial charge < -0.3 is 15.7 Å². The number of halogens is 3. The van der Waals surface area contributed by atoms with Crippen LogP contribution in [0.2, 0.25) is 0 Å². The van der Waals surface area contributed by atoms with Crippen LogP contribution in [0, 0.1) is 0 Å². The Morgan fingerprint density at radius 2 is 1.72 bits per heavy atom. The molecule has 1 unspecified atom stereocenters. The number of likely N-dealkylation sites (N-methyl/N-ethyl adjacent to an activating group) is 1. The number of hydrogen-bond donors (Lipinski definition) is 3. The molecule has 0 saturated heterocycles. The number of aliphatic hydroxyl groups is 1. The Balaban J connectivity index is 3.37. The van der Waals surface area contributed by atoms with Crippen molar-refractivity contribution in [2.24, 2.45) is 0 Å². The Kier molecular flexibility index (Phi) is 6.81. The third-order valence-corrected chi connectivity index (χ3v) is 3.92. The third kappa shape index (κ3) is 4.80. The van der Waals surface area contributed by atoms with Gasteiger partial charge in [-0.2, -0.15) is 13.2 Å². The van der Waals surface area contributed by atoms with E-state index in [2.05, 4.69) is 10.6 Å². The molecule has 0 aliphatic carbocycles. The zero-order valence-corrected chi connectivity index (χ0v) is 13.9. The summed E-state index contributed by atoms with van der Waals surface area (Å²) in [5.74, 6) is 0. The van der Waals surface area contributed by atoms with Gasteiger partial charge in [0.05, 0.1) is 43.1 Å². The summed E-state index contributed by atoms with van der Waals surface area (Å²) in [4.78, 5) is 0.757. The standard InChI is InChI=1S/C13H15B5F3N3O/c1-22-8-4-3-7(9(5-8)11(19,20)21)6-24(10(14)25)13(17,18)12(15,16)23-2/h3-5,10,22-23,25H,6H2,1-2H3. The third-order valence-electron chi connectivity index (χ3n) is 3.92. The smallest absolute Gasteiger partial charge is 0.388 e. The molecule has 0 fully saturated rings. The van der Waals surface area contributed by atoms with Crippen LogP contribution >= 0.6 is 0 Å². The SMILES string of the molecule is [B]C(O)N(Cc1ccc(NC)cc1C(F)(F)F)C([B])([B])C([B])([B])NC. The van der Waals surface area contributed by atoms with Gasteiger partial charge in [-0.25, -0.2) is 0 Å². The van der Waals surface area contributed by atoms with Crippen LogP contribution in [-0.2, 0) is 12.7 Å². The Labute approximate surface area is 152 Å². The predicted octanol–water partition coefficient (Wildman–Crippen LogP) is -0.806. The van der Waals surface area contributed by atoms with Gasteiger partial charge in [0.2, 0.25) is 0 Å². The average Bonchev–Trinajstić information content (AvgIpc) is 2.50.